The average Bonchev–Trinajstić information content (AvgIpc) is 2.97. The van der Waals surface area contributed by atoms with Gasteiger partial charge in [0.15, 0.2) is 0 Å². The molecular formula is C10H23N5. The van der Waals surface area contributed by atoms with Gasteiger partial charge in [-0.25, -0.2) is 10.8 Å². The smallest absolute Gasteiger partial charge is 0.206 e. The molecule has 0 aromatic rings. The molecule has 1 atom stereocenters. The summed E-state index contributed by atoms with van der Waals surface area (Å²) in [5.41, 5.74) is 2.62. The van der Waals surface area contributed by atoms with Crippen molar-refractivity contribution >= 4 is 5.96 Å². The van der Waals surface area contributed by atoms with Crippen molar-refractivity contribution < 1.29 is 0 Å². The molecule has 0 aromatic heterocycles. The van der Waals surface area contributed by atoms with Gasteiger partial charge in [0, 0.05) is 6.04 Å². The minimum atomic E-state index is 0.390. The van der Waals surface area contributed by atoms with Crippen molar-refractivity contribution in [3.8, 4) is 0 Å². The molecule has 1 fully saturated rings. The Bertz CT molecular complexity index is 210. The van der Waals surface area contributed by atoms with E-state index in [1.54, 1.807) is 0 Å². The van der Waals surface area contributed by atoms with Crippen LogP contribution >= 0.6 is 0 Å². The highest BCUT2D eigenvalue weighted by Crippen LogP contribution is 2.23. The molecular weight excluding hydrogens is 190 g/mol. The first-order valence-electron chi connectivity index (χ1n) is 5.57. The zero-order chi connectivity index (χ0) is 11.3. The number of nitrogens with one attached hydrogen (secondary N) is 2. The summed E-state index contributed by atoms with van der Waals surface area (Å²) in [6, 6.07) is 0.880. The highest BCUT2D eigenvalue weighted by atomic mass is 15.3. The van der Waals surface area contributed by atoms with Crippen LogP contribution in [-0.4, -0.2) is 43.6 Å². The number of nitrogens with zero attached hydrogens (tertiary/aromatic N) is 2. The standard InChI is InChI=1S/C10H23N5/c1-8(6-7-15(2)3)12-10(14-11)13-9-4-5-9/h8-9H,4-7,11H2,1-3H3,(H2,12,13,14). The molecule has 1 saturated carbocycles. The fourth-order valence-corrected chi connectivity index (χ4v) is 1.26. The maximum Gasteiger partial charge on any atom is 0.206 e. The van der Waals surface area contributed by atoms with Crippen molar-refractivity contribution in [2.75, 3.05) is 20.6 Å². The number of aliphatic imine (C=N–C) groups is 1. The predicted molar refractivity (Wildman–Crippen MR) is 63.5 cm³/mol. The average molecular weight is 213 g/mol. The van der Waals surface area contributed by atoms with Crippen LogP contribution in [0.25, 0.3) is 0 Å². The van der Waals surface area contributed by atoms with Crippen LogP contribution in [-0.2, 0) is 0 Å². The second-order valence-corrected chi connectivity index (χ2v) is 4.49. The Morgan fingerprint density at radius 3 is 2.67 bits per heavy atom. The van der Waals surface area contributed by atoms with Crippen LogP contribution in [0.3, 0.4) is 0 Å². The summed E-state index contributed by atoms with van der Waals surface area (Å²) < 4.78 is 0. The molecule has 0 heterocycles. The van der Waals surface area contributed by atoms with E-state index in [1.165, 1.54) is 12.8 Å². The topological polar surface area (TPSA) is 65.7 Å². The highest BCUT2D eigenvalue weighted by molar-refractivity contribution is 5.79. The molecule has 0 saturated heterocycles. The maximum absolute atomic E-state index is 5.40. The van der Waals surface area contributed by atoms with E-state index in [-0.39, 0.29) is 0 Å². The quantitative estimate of drug-likeness (QED) is 0.258. The molecule has 0 aromatic carbocycles. The first-order valence-corrected chi connectivity index (χ1v) is 5.57. The van der Waals surface area contributed by atoms with E-state index in [0.717, 1.165) is 18.9 Å². The molecule has 0 amide bonds. The van der Waals surface area contributed by atoms with Crippen LogP contribution < -0.4 is 16.6 Å². The largest absolute Gasteiger partial charge is 0.353 e. The zero-order valence-corrected chi connectivity index (χ0v) is 9.95. The molecule has 88 valence electrons. The molecule has 5 heteroatoms. The van der Waals surface area contributed by atoms with Crippen LogP contribution in [0.15, 0.2) is 4.99 Å². The SMILES string of the molecule is CC(CCN(C)C)NC(=NC1CC1)NN. The Morgan fingerprint density at radius 1 is 1.53 bits per heavy atom. The van der Waals surface area contributed by atoms with Gasteiger partial charge in [0.1, 0.15) is 0 Å². The summed E-state index contributed by atoms with van der Waals surface area (Å²) in [5, 5.41) is 3.28. The monoisotopic (exact) mass is 213 g/mol. The van der Waals surface area contributed by atoms with Crippen molar-refractivity contribution in [2.45, 2.75) is 38.3 Å². The molecule has 1 unspecified atom stereocenters. The number of rotatable bonds is 5. The Kier molecular flexibility index (Phi) is 4.84. The van der Waals surface area contributed by atoms with E-state index < -0.39 is 0 Å². The Morgan fingerprint density at radius 2 is 2.20 bits per heavy atom. The maximum atomic E-state index is 5.40. The van der Waals surface area contributed by atoms with Crippen molar-refractivity contribution in [1.29, 1.82) is 0 Å². The van der Waals surface area contributed by atoms with E-state index in [0.29, 0.717) is 12.1 Å². The van der Waals surface area contributed by atoms with Crippen molar-refractivity contribution in [2.24, 2.45) is 10.8 Å². The number of guanidine groups is 1. The van der Waals surface area contributed by atoms with Gasteiger partial charge in [0.25, 0.3) is 0 Å². The second kappa shape index (κ2) is 5.92. The molecule has 4 N–H and O–H groups in total. The lowest BCUT2D eigenvalue weighted by Crippen LogP contribution is -2.46. The van der Waals surface area contributed by atoms with Gasteiger partial charge in [-0.2, -0.15) is 0 Å². The Hall–Kier alpha value is -0.810. The summed E-state index contributed by atoms with van der Waals surface area (Å²) in [6.45, 7) is 3.21. The van der Waals surface area contributed by atoms with Crippen molar-refractivity contribution in [3.05, 3.63) is 0 Å². The van der Waals surface area contributed by atoms with Gasteiger partial charge in [-0.1, -0.05) is 0 Å². The minimum Gasteiger partial charge on any atom is -0.353 e. The third-order valence-electron chi connectivity index (χ3n) is 2.39. The Balaban J connectivity index is 2.24. The summed E-state index contributed by atoms with van der Waals surface area (Å²) >= 11 is 0. The fourth-order valence-electron chi connectivity index (χ4n) is 1.26. The summed E-state index contributed by atoms with van der Waals surface area (Å²) in [4.78, 5) is 6.60. The summed E-state index contributed by atoms with van der Waals surface area (Å²) in [6.07, 6.45) is 3.47. The molecule has 15 heavy (non-hydrogen) atoms. The zero-order valence-electron chi connectivity index (χ0n) is 9.95. The number of hydrogen-bond donors (Lipinski definition) is 3. The molecule has 0 spiro atoms. The lowest BCUT2D eigenvalue weighted by atomic mass is 10.2. The van der Waals surface area contributed by atoms with Gasteiger partial charge in [-0.05, 0) is 46.8 Å². The van der Waals surface area contributed by atoms with Crippen LogP contribution in [0.1, 0.15) is 26.2 Å². The van der Waals surface area contributed by atoms with Crippen molar-refractivity contribution in [1.82, 2.24) is 15.6 Å². The van der Waals surface area contributed by atoms with Crippen LogP contribution in [0.5, 0.6) is 0 Å². The number of hydrazine groups is 1. The van der Waals surface area contributed by atoms with Gasteiger partial charge in [0.2, 0.25) is 5.96 Å². The minimum absolute atomic E-state index is 0.390. The molecule has 0 aliphatic heterocycles. The van der Waals surface area contributed by atoms with E-state index in [4.69, 9.17) is 5.84 Å². The fraction of sp³-hybridized carbons (Fsp3) is 0.900. The molecule has 5 nitrogen and oxygen atoms in total. The van der Waals surface area contributed by atoms with Gasteiger partial charge in [-0.3, -0.25) is 5.43 Å². The Labute approximate surface area is 92.1 Å². The number of hydrogen-bond acceptors (Lipinski definition) is 3. The summed E-state index contributed by atoms with van der Waals surface area (Å²) in [5.74, 6) is 6.13. The van der Waals surface area contributed by atoms with Crippen molar-refractivity contribution in [3.63, 3.8) is 0 Å². The lowest BCUT2D eigenvalue weighted by molar-refractivity contribution is 0.378. The first kappa shape index (κ1) is 12.3. The van der Waals surface area contributed by atoms with E-state index in [2.05, 4.69) is 41.7 Å². The van der Waals surface area contributed by atoms with Gasteiger partial charge in [0.05, 0.1) is 6.04 Å². The van der Waals surface area contributed by atoms with E-state index in [1.807, 2.05) is 0 Å². The van der Waals surface area contributed by atoms with Crippen LogP contribution in [0, 0.1) is 0 Å². The molecule has 0 bridgehead atoms. The third kappa shape index (κ3) is 5.59. The molecule has 1 aliphatic carbocycles. The van der Waals surface area contributed by atoms with E-state index in [9.17, 15) is 0 Å². The third-order valence-corrected chi connectivity index (χ3v) is 2.39. The molecule has 1 aliphatic rings. The lowest BCUT2D eigenvalue weighted by Gasteiger charge is -2.18. The van der Waals surface area contributed by atoms with Gasteiger partial charge in [-0.15, -0.1) is 0 Å². The normalized spacial score (nSPS) is 19.1. The molecule has 1 rings (SSSR count). The van der Waals surface area contributed by atoms with Gasteiger partial charge >= 0.3 is 0 Å². The highest BCUT2D eigenvalue weighted by Gasteiger charge is 2.21. The van der Waals surface area contributed by atoms with Gasteiger partial charge < -0.3 is 10.2 Å². The second-order valence-electron chi connectivity index (χ2n) is 4.49. The number of nitrogens with two attached hydrogens (primary N) is 1. The van der Waals surface area contributed by atoms with Crippen LogP contribution in [0.4, 0.5) is 0 Å². The van der Waals surface area contributed by atoms with Crippen LogP contribution in [0.2, 0.25) is 0 Å². The van der Waals surface area contributed by atoms with E-state index >= 15 is 0 Å². The molecule has 0 radical (unpaired) electrons. The first-order chi connectivity index (χ1) is 7.11. The summed E-state index contributed by atoms with van der Waals surface area (Å²) in [7, 11) is 4.15. The predicted octanol–water partition coefficient (Wildman–Crippen LogP) is -0.102.